The van der Waals surface area contributed by atoms with Crippen molar-refractivity contribution in [1.29, 1.82) is 0 Å². The summed E-state index contributed by atoms with van der Waals surface area (Å²) in [5.41, 5.74) is 9.15. The van der Waals surface area contributed by atoms with Gasteiger partial charge in [0.15, 0.2) is 0 Å². The fourth-order valence-electron chi connectivity index (χ4n) is 3.94. The molecule has 3 aromatic rings. The molecule has 36 heavy (non-hydrogen) atoms. The number of anilines is 1. The monoisotopic (exact) mass is 509 g/mol. The number of aryl methyl sites for hydroxylation is 3. The highest BCUT2D eigenvalue weighted by molar-refractivity contribution is 7.89. The Bertz CT molecular complexity index is 1420. The lowest BCUT2D eigenvalue weighted by atomic mass is 10.1. The van der Waals surface area contributed by atoms with Gasteiger partial charge in [0, 0.05) is 42.3 Å². The van der Waals surface area contributed by atoms with Crippen molar-refractivity contribution in [3.63, 3.8) is 0 Å². The molecule has 0 saturated heterocycles. The van der Waals surface area contributed by atoms with Gasteiger partial charge in [-0.1, -0.05) is 17.7 Å². The summed E-state index contributed by atoms with van der Waals surface area (Å²) in [6.07, 6.45) is 1.55. The minimum Gasteiger partial charge on any atom is -0.326 e. The van der Waals surface area contributed by atoms with Crippen LogP contribution in [0.25, 0.3) is 5.69 Å². The van der Waals surface area contributed by atoms with Crippen molar-refractivity contribution in [3.05, 3.63) is 76.6 Å². The number of benzene rings is 2. The number of rotatable bonds is 8. The highest BCUT2D eigenvalue weighted by Gasteiger charge is 2.23. The van der Waals surface area contributed by atoms with Gasteiger partial charge in [-0.05, 0) is 69.7 Å². The topological polar surface area (TPSA) is 113 Å². The summed E-state index contributed by atoms with van der Waals surface area (Å²) in [7, 11) is -2.58. The van der Waals surface area contributed by atoms with Crippen molar-refractivity contribution in [2.75, 3.05) is 18.9 Å². The van der Waals surface area contributed by atoms with E-state index in [2.05, 4.69) is 52.5 Å². The molecule has 3 rings (SSSR count). The van der Waals surface area contributed by atoms with E-state index in [-0.39, 0.29) is 10.8 Å². The average molecular weight is 510 g/mol. The molecule has 9 nitrogen and oxygen atoms in total. The van der Waals surface area contributed by atoms with Gasteiger partial charge in [-0.2, -0.15) is 9.41 Å². The Morgan fingerprint density at radius 2 is 1.69 bits per heavy atom. The number of aromatic nitrogens is 1. The van der Waals surface area contributed by atoms with Crippen molar-refractivity contribution in [2.45, 2.75) is 39.5 Å². The maximum atomic E-state index is 12.8. The average Bonchev–Trinajstić information content (AvgIpc) is 3.07. The lowest BCUT2D eigenvalue weighted by Crippen LogP contribution is -2.36. The van der Waals surface area contributed by atoms with Crippen LogP contribution in [0.4, 0.5) is 5.69 Å². The zero-order chi connectivity index (χ0) is 26.6. The molecular formula is C26H31N5O4S. The molecule has 0 unspecified atom stereocenters. The molecule has 0 bridgehead atoms. The van der Waals surface area contributed by atoms with Gasteiger partial charge in [0.2, 0.25) is 15.9 Å². The van der Waals surface area contributed by atoms with Crippen molar-refractivity contribution in [3.8, 4) is 5.69 Å². The van der Waals surface area contributed by atoms with Gasteiger partial charge < -0.3 is 9.88 Å². The number of amides is 2. The Morgan fingerprint density at radius 3 is 2.31 bits per heavy atom. The van der Waals surface area contributed by atoms with Crippen LogP contribution in [-0.4, -0.2) is 48.9 Å². The van der Waals surface area contributed by atoms with Crippen molar-refractivity contribution in [2.24, 2.45) is 5.10 Å². The molecule has 0 aliphatic carbocycles. The summed E-state index contributed by atoms with van der Waals surface area (Å²) in [6, 6.07) is 14.0. The normalized spacial score (nSPS) is 11.8. The summed E-state index contributed by atoms with van der Waals surface area (Å²) in [5, 5.41) is 6.61. The zero-order valence-electron chi connectivity index (χ0n) is 21.3. The zero-order valence-corrected chi connectivity index (χ0v) is 22.1. The Balaban J connectivity index is 1.66. The van der Waals surface area contributed by atoms with E-state index in [4.69, 9.17) is 0 Å². The van der Waals surface area contributed by atoms with Crippen LogP contribution in [-0.2, 0) is 19.6 Å². The molecule has 0 spiro atoms. The maximum absolute atomic E-state index is 12.8. The molecular weight excluding hydrogens is 478 g/mol. The maximum Gasteiger partial charge on any atom is 0.255 e. The SMILES string of the molecule is CC(=O)Nc1ccc(S(=O)(=O)N(C)CC(=O)N/N=C/c2cc(C)n(-c3ccc(C)cc3C)c2C)cc1. The fourth-order valence-corrected chi connectivity index (χ4v) is 5.06. The Hall–Kier alpha value is -3.76. The molecule has 0 aliphatic rings. The van der Waals surface area contributed by atoms with Gasteiger partial charge in [0.1, 0.15) is 0 Å². The second-order valence-corrected chi connectivity index (χ2v) is 10.8. The number of sulfonamides is 1. The largest absolute Gasteiger partial charge is 0.326 e. The van der Waals surface area contributed by atoms with Crippen LogP contribution in [0.15, 0.2) is 58.5 Å². The molecule has 2 amide bonds. The van der Waals surface area contributed by atoms with E-state index in [0.717, 1.165) is 32.5 Å². The van der Waals surface area contributed by atoms with E-state index in [1.165, 1.54) is 43.8 Å². The molecule has 0 atom stereocenters. The van der Waals surface area contributed by atoms with E-state index in [1.807, 2.05) is 19.9 Å². The lowest BCUT2D eigenvalue weighted by molar-refractivity contribution is -0.121. The first-order valence-electron chi connectivity index (χ1n) is 11.3. The standard InChI is InChI=1S/C26H31N5O4S/c1-17-7-12-25(18(2)13-17)31-19(3)14-22(20(31)4)15-27-29-26(33)16-30(6)36(34,35)24-10-8-23(9-11-24)28-21(5)32/h7-15H,16H2,1-6H3,(H,28,32)(H,29,33)/b27-15+. The predicted molar refractivity (Wildman–Crippen MR) is 141 cm³/mol. The van der Waals surface area contributed by atoms with Gasteiger partial charge in [-0.25, -0.2) is 13.8 Å². The smallest absolute Gasteiger partial charge is 0.255 e. The summed E-state index contributed by atoms with van der Waals surface area (Å²) >= 11 is 0. The third-order valence-electron chi connectivity index (χ3n) is 5.71. The van der Waals surface area contributed by atoms with E-state index in [1.54, 1.807) is 6.21 Å². The van der Waals surface area contributed by atoms with Crippen LogP contribution in [0.5, 0.6) is 0 Å². The number of nitrogens with one attached hydrogen (secondary N) is 2. The van der Waals surface area contributed by atoms with Crippen LogP contribution in [0.1, 0.15) is 35.0 Å². The van der Waals surface area contributed by atoms with Crippen LogP contribution >= 0.6 is 0 Å². The molecule has 0 saturated carbocycles. The molecule has 1 heterocycles. The molecule has 190 valence electrons. The number of hydrazone groups is 1. The molecule has 10 heteroatoms. The van der Waals surface area contributed by atoms with Crippen molar-refractivity contribution >= 4 is 33.7 Å². The van der Waals surface area contributed by atoms with Crippen LogP contribution < -0.4 is 10.7 Å². The number of hydrogen-bond donors (Lipinski definition) is 2. The highest BCUT2D eigenvalue weighted by atomic mass is 32.2. The highest BCUT2D eigenvalue weighted by Crippen LogP contribution is 2.23. The van der Waals surface area contributed by atoms with Gasteiger partial charge in [0.05, 0.1) is 17.7 Å². The van der Waals surface area contributed by atoms with Crippen molar-refractivity contribution < 1.29 is 18.0 Å². The van der Waals surface area contributed by atoms with Crippen molar-refractivity contribution in [1.82, 2.24) is 14.3 Å². The van der Waals surface area contributed by atoms with Gasteiger partial charge in [-0.15, -0.1) is 0 Å². The summed E-state index contributed by atoms with van der Waals surface area (Å²) in [6.45, 7) is 9.06. The minimum absolute atomic E-state index is 0.00856. The number of nitrogens with zero attached hydrogens (tertiary/aromatic N) is 3. The minimum atomic E-state index is -3.90. The van der Waals surface area contributed by atoms with E-state index in [9.17, 15) is 18.0 Å². The molecule has 0 radical (unpaired) electrons. The Morgan fingerprint density at radius 1 is 1.03 bits per heavy atom. The van der Waals surface area contributed by atoms with Gasteiger partial charge in [0.25, 0.3) is 5.91 Å². The third kappa shape index (κ3) is 6.07. The fraction of sp³-hybridized carbons (Fsp3) is 0.269. The second-order valence-electron chi connectivity index (χ2n) is 8.71. The number of carbonyl (C=O) groups excluding carboxylic acids is 2. The summed E-state index contributed by atoms with van der Waals surface area (Å²) < 4.78 is 28.6. The van der Waals surface area contributed by atoms with E-state index in [0.29, 0.717) is 5.69 Å². The first-order chi connectivity index (χ1) is 16.9. The summed E-state index contributed by atoms with van der Waals surface area (Å²) in [5.74, 6) is -0.831. The molecule has 1 aromatic heterocycles. The predicted octanol–water partition coefficient (Wildman–Crippen LogP) is 3.44. The molecule has 0 aliphatic heterocycles. The van der Waals surface area contributed by atoms with Gasteiger partial charge >= 0.3 is 0 Å². The number of carbonyl (C=O) groups is 2. The number of hydrogen-bond acceptors (Lipinski definition) is 5. The van der Waals surface area contributed by atoms with Crippen LogP contribution in [0.3, 0.4) is 0 Å². The first-order valence-corrected chi connectivity index (χ1v) is 12.8. The quantitative estimate of drug-likeness (QED) is 0.358. The molecule has 0 fully saturated rings. The van der Waals surface area contributed by atoms with Gasteiger partial charge in [-0.3, -0.25) is 9.59 Å². The molecule has 2 N–H and O–H groups in total. The van der Waals surface area contributed by atoms with E-state index >= 15 is 0 Å². The first kappa shape index (κ1) is 26.8. The third-order valence-corrected chi connectivity index (χ3v) is 7.52. The Kier molecular flexibility index (Phi) is 8.11. The van der Waals surface area contributed by atoms with Crippen LogP contribution in [0.2, 0.25) is 0 Å². The number of likely N-dealkylation sites (N-methyl/N-ethyl adjacent to an activating group) is 1. The second kappa shape index (κ2) is 10.9. The van der Waals surface area contributed by atoms with E-state index < -0.39 is 22.5 Å². The van der Waals surface area contributed by atoms with Crippen LogP contribution in [0, 0.1) is 27.7 Å². The molecule has 2 aromatic carbocycles. The Labute approximate surface area is 211 Å². The lowest BCUT2D eigenvalue weighted by Gasteiger charge is -2.16. The summed E-state index contributed by atoms with van der Waals surface area (Å²) in [4.78, 5) is 23.5.